The number of carbonyl (C=O) groups excluding carboxylic acids is 2. The molecule has 8 heteroatoms. The zero-order valence-corrected chi connectivity index (χ0v) is 19.9. The Morgan fingerprint density at radius 3 is 2.32 bits per heavy atom. The summed E-state index contributed by atoms with van der Waals surface area (Å²) in [5.74, 6) is 0.233. The SMILES string of the molecule is N#Cc1ccc(N2CCN(C(=O)N3CCCC4(CCN([C@H]5CC[C@H](O)CC5)C4=O)C3)CC2)cc1. The Labute approximate surface area is 201 Å². The molecule has 1 aromatic carbocycles. The van der Waals surface area contributed by atoms with Crippen LogP contribution in [0, 0.1) is 16.7 Å². The zero-order chi connectivity index (χ0) is 23.7. The van der Waals surface area contributed by atoms with Gasteiger partial charge in [0.05, 0.1) is 23.2 Å². The second-order valence-electron chi connectivity index (χ2n) is 10.4. The van der Waals surface area contributed by atoms with E-state index in [9.17, 15) is 14.7 Å². The largest absolute Gasteiger partial charge is 0.393 e. The molecule has 1 spiro atoms. The maximum absolute atomic E-state index is 13.5. The van der Waals surface area contributed by atoms with Gasteiger partial charge < -0.3 is 24.7 Å². The molecule has 1 unspecified atom stereocenters. The highest BCUT2D eigenvalue weighted by Gasteiger charge is 2.51. The van der Waals surface area contributed by atoms with E-state index in [1.165, 1.54) is 0 Å². The highest BCUT2D eigenvalue weighted by atomic mass is 16.3. The van der Waals surface area contributed by atoms with Crippen LogP contribution >= 0.6 is 0 Å². The summed E-state index contributed by atoms with van der Waals surface area (Å²) in [4.78, 5) is 35.1. The Morgan fingerprint density at radius 2 is 1.65 bits per heavy atom. The number of aliphatic hydroxyl groups excluding tert-OH is 1. The molecule has 1 aliphatic carbocycles. The van der Waals surface area contributed by atoms with Gasteiger partial charge in [-0.3, -0.25) is 4.79 Å². The van der Waals surface area contributed by atoms with E-state index in [4.69, 9.17) is 5.26 Å². The molecular formula is C26H35N5O3. The van der Waals surface area contributed by atoms with Crippen molar-refractivity contribution in [3.8, 4) is 6.07 Å². The van der Waals surface area contributed by atoms with Crippen molar-refractivity contribution < 1.29 is 14.7 Å². The van der Waals surface area contributed by atoms with Crippen LogP contribution in [0.3, 0.4) is 0 Å². The van der Waals surface area contributed by atoms with E-state index in [0.29, 0.717) is 25.2 Å². The Balaban J connectivity index is 1.18. The summed E-state index contributed by atoms with van der Waals surface area (Å²) >= 11 is 0. The maximum Gasteiger partial charge on any atom is 0.320 e. The van der Waals surface area contributed by atoms with Crippen molar-refractivity contribution in [2.24, 2.45) is 5.41 Å². The number of nitrogens with zero attached hydrogens (tertiary/aromatic N) is 5. The molecule has 3 amide bonds. The van der Waals surface area contributed by atoms with Crippen LogP contribution in [-0.4, -0.2) is 89.7 Å². The Morgan fingerprint density at radius 1 is 0.941 bits per heavy atom. The van der Waals surface area contributed by atoms with Crippen LogP contribution in [0.1, 0.15) is 50.5 Å². The van der Waals surface area contributed by atoms with Crippen LogP contribution in [0.25, 0.3) is 0 Å². The second-order valence-corrected chi connectivity index (χ2v) is 10.4. The highest BCUT2D eigenvalue weighted by Crippen LogP contribution is 2.42. The number of piperidine rings is 1. The number of hydrogen-bond donors (Lipinski definition) is 1. The first-order valence-electron chi connectivity index (χ1n) is 12.8. The molecule has 1 saturated carbocycles. The van der Waals surface area contributed by atoms with E-state index < -0.39 is 5.41 Å². The molecular weight excluding hydrogens is 430 g/mol. The number of urea groups is 1. The van der Waals surface area contributed by atoms with Gasteiger partial charge in [0.2, 0.25) is 5.91 Å². The number of rotatable bonds is 2. The minimum Gasteiger partial charge on any atom is -0.393 e. The number of amides is 3. The van der Waals surface area contributed by atoms with Crippen LogP contribution in [-0.2, 0) is 4.79 Å². The fourth-order valence-corrected chi connectivity index (χ4v) is 6.34. The normalized spacial score (nSPS) is 30.1. The average molecular weight is 466 g/mol. The quantitative estimate of drug-likeness (QED) is 0.724. The number of likely N-dealkylation sites (tertiary alicyclic amines) is 2. The molecule has 3 saturated heterocycles. The van der Waals surface area contributed by atoms with Gasteiger partial charge in [0.1, 0.15) is 0 Å². The third-order valence-corrected chi connectivity index (χ3v) is 8.41. The second kappa shape index (κ2) is 9.46. The predicted molar refractivity (Wildman–Crippen MR) is 128 cm³/mol. The number of hydrogen-bond acceptors (Lipinski definition) is 5. The fourth-order valence-electron chi connectivity index (χ4n) is 6.34. The van der Waals surface area contributed by atoms with Gasteiger partial charge >= 0.3 is 6.03 Å². The Bertz CT molecular complexity index is 944. The van der Waals surface area contributed by atoms with Crippen LogP contribution in [0.15, 0.2) is 24.3 Å². The molecule has 1 N–H and O–H groups in total. The molecule has 4 fully saturated rings. The van der Waals surface area contributed by atoms with E-state index in [2.05, 4.69) is 15.9 Å². The summed E-state index contributed by atoms with van der Waals surface area (Å²) in [6, 6.07) is 10.1. The zero-order valence-electron chi connectivity index (χ0n) is 19.9. The molecule has 0 radical (unpaired) electrons. The number of benzene rings is 1. The smallest absolute Gasteiger partial charge is 0.320 e. The van der Waals surface area contributed by atoms with Crippen LogP contribution < -0.4 is 4.90 Å². The monoisotopic (exact) mass is 465 g/mol. The van der Waals surface area contributed by atoms with Gasteiger partial charge in [-0.15, -0.1) is 0 Å². The van der Waals surface area contributed by atoms with Crippen molar-refractivity contribution in [1.29, 1.82) is 5.26 Å². The number of anilines is 1. The summed E-state index contributed by atoms with van der Waals surface area (Å²) in [5, 5.41) is 18.8. The minimum absolute atomic E-state index is 0.0607. The number of aliphatic hydroxyl groups is 1. The third-order valence-electron chi connectivity index (χ3n) is 8.41. The first-order valence-corrected chi connectivity index (χ1v) is 12.8. The van der Waals surface area contributed by atoms with Gasteiger partial charge in [-0.1, -0.05) is 0 Å². The first-order chi connectivity index (χ1) is 16.5. The van der Waals surface area contributed by atoms with Gasteiger partial charge in [0, 0.05) is 57.5 Å². The lowest BCUT2D eigenvalue weighted by Crippen LogP contribution is -2.57. The van der Waals surface area contributed by atoms with E-state index in [1.807, 2.05) is 34.1 Å². The third kappa shape index (κ3) is 4.34. The van der Waals surface area contributed by atoms with Gasteiger partial charge in [-0.05, 0) is 69.2 Å². The van der Waals surface area contributed by atoms with Crippen molar-refractivity contribution in [3.63, 3.8) is 0 Å². The van der Waals surface area contributed by atoms with Crippen LogP contribution in [0.5, 0.6) is 0 Å². The topological polar surface area (TPSA) is 91.1 Å². The molecule has 8 nitrogen and oxygen atoms in total. The van der Waals surface area contributed by atoms with Crippen molar-refractivity contribution >= 4 is 17.6 Å². The van der Waals surface area contributed by atoms with Crippen molar-refractivity contribution in [1.82, 2.24) is 14.7 Å². The van der Waals surface area contributed by atoms with Crippen LogP contribution in [0.2, 0.25) is 0 Å². The first kappa shape index (κ1) is 23.0. The summed E-state index contributed by atoms with van der Waals surface area (Å²) in [5.41, 5.74) is 1.31. The van der Waals surface area contributed by atoms with Gasteiger partial charge in [0.15, 0.2) is 0 Å². The summed E-state index contributed by atoms with van der Waals surface area (Å²) in [6.07, 6.45) is 5.68. The molecule has 1 atom stereocenters. The molecule has 3 aliphatic heterocycles. The van der Waals surface area contributed by atoms with E-state index in [1.54, 1.807) is 0 Å². The van der Waals surface area contributed by atoms with Gasteiger partial charge in [-0.25, -0.2) is 4.79 Å². The molecule has 3 heterocycles. The maximum atomic E-state index is 13.5. The lowest BCUT2D eigenvalue weighted by molar-refractivity contribution is -0.141. The molecule has 0 bridgehead atoms. The predicted octanol–water partition coefficient (Wildman–Crippen LogP) is 2.42. The van der Waals surface area contributed by atoms with E-state index >= 15 is 0 Å². The van der Waals surface area contributed by atoms with E-state index in [-0.39, 0.29) is 24.1 Å². The number of nitriles is 1. The number of piperazine rings is 1. The molecule has 182 valence electrons. The van der Waals surface area contributed by atoms with Crippen molar-refractivity contribution in [2.45, 2.75) is 57.1 Å². The molecule has 5 rings (SSSR count). The standard InChI is InChI=1S/C26H35N5O3/c27-18-20-2-4-21(5-3-20)28-14-16-29(17-15-28)25(34)30-12-1-10-26(19-30)11-13-31(24(26)33)22-6-8-23(32)9-7-22/h2-5,22-23,32H,1,6-17,19H2/t22-,23-,26?. The minimum atomic E-state index is -0.422. The number of carbonyl (C=O) groups is 2. The molecule has 34 heavy (non-hydrogen) atoms. The van der Waals surface area contributed by atoms with Crippen molar-refractivity contribution in [2.75, 3.05) is 50.7 Å². The van der Waals surface area contributed by atoms with Crippen molar-refractivity contribution in [3.05, 3.63) is 29.8 Å². The summed E-state index contributed by atoms with van der Waals surface area (Å²) in [7, 11) is 0. The molecule has 1 aromatic rings. The average Bonchev–Trinajstić information content (AvgIpc) is 3.19. The molecule has 0 aromatic heterocycles. The fraction of sp³-hybridized carbons (Fsp3) is 0.654. The van der Waals surface area contributed by atoms with E-state index in [0.717, 1.165) is 76.8 Å². The van der Waals surface area contributed by atoms with Crippen LogP contribution in [0.4, 0.5) is 10.5 Å². The molecule has 4 aliphatic rings. The lowest BCUT2D eigenvalue weighted by Gasteiger charge is -2.43. The summed E-state index contributed by atoms with van der Waals surface area (Å²) in [6.45, 7) is 4.88. The van der Waals surface area contributed by atoms with Gasteiger partial charge in [0.25, 0.3) is 0 Å². The Hall–Kier alpha value is -2.79. The summed E-state index contributed by atoms with van der Waals surface area (Å²) < 4.78 is 0. The lowest BCUT2D eigenvalue weighted by atomic mass is 9.78. The highest BCUT2D eigenvalue weighted by molar-refractivity contribution is 5.86. The Kier molecular flexibility index (Phi) is 6.39. The van der Waals surface area contributed by atoms with Gasteiger partial charge in [-0.2, -0.15) is 5.26 Å².